The quantitative estimate of drug-likeness (QED) is 0.835. The predicted octanol–water partition coefficient (Wildman–Crippen LogP) is 4.17. The molecular weight excluding hydrogens is 227 g/mol. The monoisotopic (exact) mass is 250 g/mol. The maximum Gasteiger partial charge on any atom is 0.126 e. The molecule has 1 nitrogen and oxygen atoms in total. The number of halogens is 1. The lowest BCUT2D eigenvalue weighted by Gasteiger charge is -2.38. The molecule has 0 unspecified atom stereocenters. The highest BCUT2D eigenvalue weighted by molar-refractivity contribution is 5.29. The highest BCUT2D eigenvalue weighted by Crippen LogP contribution is 2.41. The first kappa shape index (κ1) is 13.5. The molecule has 0 heterocycles. The van der Waals surface area contributed by atoms with Gasteiger partial charge in [0.15, 0.2) is 0 Å². The van der Waals surface area contributed by atoms with Gasteiger partial charge in [0.25, 0.3) is 0 Å². The molecule has 2 heteroatoms. The number of benzene rings is 1. The van der Waals surface area contributed by atoms with E-state index < -0.39 is 5.60 Å². The number of aliphatic hydroxyl groups is 1. The first-order chi connectivity index (χ1) is 8.42. The molecule has 18 heavy (non-hydrogen) atoms. The topological polar surface area (TPSA) is 20.2 Å². The second-order valence-electron chi connectivity index (χ2n) is 6.08. The Morgan fingerprint density at radius 1 is 1.28 bits per heavy atom. The number of hydrogen-bond donors (Lipinski definition) is 1. The zero-order chi connectivity index (χ0) is 13.3. The number of rotatable bonds is 2. The summed E-state index contributed by atoms with van der Waals surface area (Å²) in [6.07, 6.45) is 3.71. The fourth-order valence-electron chi connectivity index (χ4n) is 3.01. The van der Waals surface area contributed by atoms with Crippen LogP contribution in [0.5, 0.6) is 0 Å². The third-order valence-electron chi connectivity index (χ3n) is 4.50. The zero-order valence-electron chi connectivity index (χ0n) is 11.5. The Bertz CT molecular complexity index is 417. The van der Waals surface area contributed by atoms with Crippen molar-refractivity contribution < 1.29 is 9.50 Å². The van der Waals surface area contributed by atoms with E-state index in [0.29, 0.717) is 17.4 Å². The van der Waals surface area contributed by atoms with E-state index in [-0.39, 0.29) is 5.82 Å². The van der Waals surface area contributed by atoms with Gasteiger partial charge in [0.2, 0.25) is 0 Å². The van der Waals surface area contributed by atoms with E-state index in [2.05, 4.69) is 13.8 Å². The third kappa shape index (κ3) is 2.59. The molecule has 0 spiro atoms. The normalized spacial score (nSPS) is 28.7. The van der Waals surface area contributed by atoms with Gasteiger partial charge in [-0.1, -0.05) is 26.0 Å². The smallest absolute Gasteiger partial charge is 0.126 e. The molecule has 1 aromatic rings. The number of aryl methyl sites for hydroxylation is 1. The summed E-state index contributed by atoms with van der Waals surface area (Å²) in [4.78, 5) is 0. The average Bonchev–Trinajstić information content (AvgIpc) is 2.33. The molecule has 1 aliphatic carbocycles. The Kier molecular flexibility index (Phi) is 3.76. The van der Waals surface area contributed by atoms with Gasteiger partial charge in [0.1, 0.15) is 5.82 Å². The van der Waals surface area contributed by atoms with Gasteiger partial charge in [-0.15, -0.1) is 0 Å². The SMILES string of the molecule is Cc1cc(C2(O)CCC(C(C)C)CC2)ccc1F. The minimum atomic E-state index is -0.746. The summed E-state index contributed by atoms with van der Waals surface area (Å²) in [5, 5.41) is 10.7. The Hall–Kier alpha value is -0.890. The highest BCUT2D eigenvalue weighted by atomic mass is 19.1. The van der Waals surface area contributed by atoms with Crippen molar-refractivity contribution in [1.82, 2.24) is 0 Å². The van der Waals surface area contributed by atoms with Crippen molar-refractivity contribution in [3.63, 3.8) is 0 Å². The molecule has 2 rings (SSSR count). The van der Waals surface area contributed by atoms with Gasteiger partial charge in [-0.2, -0.15) is 0 Å². The molecule has 1 fully saturated rings. The second kappa shape index (κ2) is 5.00. The molecule has 1 saturated carbocycles. The first-order valence-corrected chi connectivity index (χ1v) is 6.91. The molecule has 0 bridgehead atoms. The van der Waals surface area contributed by atoms with Gasteiger partial charge in [0.05, 0.1) is 5.60 Å². The van der Waals surface area contributed by atoms with Crippen LogP contribution in [0.1, 0.15) is 50.7 Å². The molecule has 0 amide bonds. The van der Waals surface area contributed by atoms with E-state index in [9.17, 15) is 9.50 Å². The lowest BCUT2D eigenvalue weighted by atomic mass is 9.72. The lowest BCUT2D eigenvalue weighted by molar-refractivity contribution is -0.0200. The summed E-state index contributed by atoms with van der Waals surface area (Å²) in [6.45, 7) is 6.25. The summed E-state index contributed by atoms with van der Waals surface area (Å²) in [5.41, 5.74) is 0.750. The van der Waals surface area contributed by atoms with Crippen LogP contribution in [-0.4, -0.2) is 5.11 Å². The second-order valence-corrected chi connectivity index (χ2v) is 6.08. The van der Waals surface area contributed by atoms with Crippen LogP contribution in [0, 0.1) is 24.6 Å². The fourth-order valence-corrected chi connectivity index (χ4v) is 3.01. The predicted molar refractivity (Wildman–Crippen MR) is 71.8 cm³/mol. The van der Waals surface area contributed by atoms with Gasteiger partial charge in [-0.25, -0.2) is 4.39 Å². The highest BCUT2D eigenvalue weighted by Gasteiger charge is 2.35. The largest absolute Gasteiger partial charge is 0.385 e. The Labute approximate surface area is 109 Å². The summed E-state index contributed by atoms with van der Waals surface area (Å²) in [6, 6.07) is 5.00. The van der Waals surface area contributed by atoms with Crippen LogP contribution in [0.4, 0.5) is 4.39 Å². The third-order valence-corrected chi connectivity index (χ3v) is 4.50. The van der Waals surface area contributed by atoms with Gasteiger partial charge in [-0.05, 0) is 61.6 Å². The van der Waals surface area contributed by atoms with E-state index in [1.165, 1.54) is 6.07 Å². The maximum absolute atomic E-state index is 13.3. The molecule has 1 aliphatic rings. The summed E-state index contributed by atoms with van der Waals surface area (Å²) < 4.78 is 13.3. The molecule has 1 N–H and O–H groups in total. The van der Waals surface area contributed by atoms with Crippen LogP contribution in [0.25, 0.3) is 0 Å². The molecule has 0 aromatic heterocycles. The van der Waals surface area contributed by atoms with E-state index in [1.807, 2.05) is 0 Å². The Morgan fingerprint density at radius 2 is 1.89 bits per heavy atom. The molecule has 100 valence electrons. The average molecular weight is 250 g/mol. The Morgan fingerprint density at radius 3 is 2.39 bits per heavy atom. The van der Waals surface area contributed by atoms with E-state index in [1.54, 1.807) is 19.1 Å². The molecule has 0 aliphatic heterocycles. The summed E-state index contributed by atoms with van der Waals surface area (Å²) >= 11 is 0. The fraction of sp³-hybridized carbons (Fsp3) is 0.625. The lowest BCUT2D eigenvalue weighted by Crippen LogP contribution is -2.33. The maximum atomic E-state index is 13.3. The van der Waals surface area contributed by atoms with Gasteiger partial charge in [-0.3, -0.25) is 0 Å². The van der Waals surface area contributed by atoms with Crippen LogP contribution >= 0.6 is 0 Å². The van der Waals surface area contributed by atoms with Crippen molar-refractivity contribution in [2.45, 2.75) is 52.1 Å². The molecule has 0 atom stereocenters. The summed E-state index contributed by atoms with van der Waals surface area (Å²) in [7, 11) is 0. The standard InChI is InChI=1S/C16H23FO/c1-11(2)13-6-8-16(18,9-7-13)14-4-5-15(17)12(3)10-14/h4-5,10-11,13,18H,6-9H2,1-3H3. The summed E-state index contributed by atoms with van der Waals surface area (Å²) in [5.74, 6) is 1.20. The van der Waals surface area contributed by atoms with E-state index >= 15 is 0 Å². The van der Waals surface area contributed by atoms with Crippen LogP contribution in [-0.2, 0) is 5.60 Å². The van der Waals surface area contributed by atoms with Crippen LogP contribution < -0.4 is 0 Å². The van der Waals surface area contributed by atoms with Gasteiger partial charge < -0.3 is 5.11 Å². The van der Waals surface area contributed by atoms with Gasteiger partial charge >= 0.3 is 0 Å². The van der Waals surface area contributed by atoms with Crippen LogP contribution in [0.15, 0.2) is 18.2 Å². The van der Waals surface area contributed by atoms with Crippen molar-refractivity contribution >= 4 is 0 Å². The zero-order valence-corrected chi connectivity index (χ0v) is 11.5. The van der Waals surface area contributed by atoms with Crippen molar-refractivity contribution in [2.75, 3.05) is 0 Å². The minimum Gasteiger partial charge on any atom is -0.385 e. The number of hydrogen-bond acceptors (Lipinski definition) is 1. The van der Waals surface area contributed by atoms with E-state index in [0.717, 1.165) is 31.2 Å². The molecule has 0 radical (unpaired) electrons. The molecule has 1 aromatic carbocycles. The van der Waals surface area contributed by atoms with Gasteiger partial charge in [0, 0.05) is 0 Å². The van der Waals surface area contributed by atoms with Crippen LogP contribution in [0.3, 0.4) is 0 Å². The van der Waals surface area contributed by atoms with Crippen molar-refractivity contribution in [1.29, 1.82) is 0 Å². The van der Waals surface area contributed by atoms with Crippen molar-refractivity contribution in [2.24, 2.45) is 11.8 Å². The van der Waals surface area contributed by atoms with E-state index in [4.69, 9.17) is 0 Å². The minimum absolute atomic E-state index is 0.196. The first-order valence-electron chi connectivity index (χ1n) is 6.91. The molecule has 0 saturated heterocycles. The Balaban J connectivity index is 2.15. The van der Waals surface area contributed by atoms with Crippen molar-refractivity contribution in [3.05, 3.63) is 35.1 Å². The molecular formula is C16H23FO. The van der Waals surface area contributed by atoms with Crippen molar-refractivity contribution in [3.8, 4) is 0 Å². The van der Waals surface area contributed by atoms with Crippen LogP contribution in [0.2, 0.25) is 0 Å².